The number of hydrogen-bond donors (Lipinski definition) is 2. The monoisotopic (exact) mass is 514 g/mol. The van der Waals surface area contributed by atoms with Crippen LogP contribution in [0.2, 0.25) is 0 Å². The number of piperidine rings is 1. The highest BCUT2D eigenvalue weighted by atomic mass is 32.2. The average Bonchev–Trinajstić information content (AvgIpc) is 3.15. The summed E-state index contributed by atoms with van der Waals surface area (Å²) in [5.41, 5.74) is -2.39. The lowest BCUT2D eigenvalue weighted by molar-refractivity contribution is -0.142. The molecule has 1 amide bonds. The number of hydrogen-bond acceptors (Lipinski definition) is 4. The molecule has 1 aromatic heterocycles. The third kappa shape index (κ3) is 6.47. The Bertz CT molecular complexity index is 1040. The van der Waals surface area contributed by atoms with Gasteiger partial charge in [0, 0.05) is 35.6 Å². The van der Waals surface area contributed by atoms with Gasteiger partial charge >= 0.3 is 5.51 Å². The number of likely N-dealkylation sites (tertiary alicyclic amines) is 1. The van der Waals surface area contributed by atoms with Gasteiger partial charge in [-0.25, -0.2) is 0 Å². The van der Waals surface area contributed by atoms with Gasteiger partial charge in [0.05, 0.1) is 6.10 Å². The number of alkyl halides is 3. The molecule has 0 bridgehead atoms. The second kappa shape index (κ2) is 10.6. The number of rotatable bonds is 8. The molecule has 2 aromatic rings. The maximum absolute atomic E-state index is 13.6. The number of aliphatic hydroxyl groups excluding tert-OH is 1. The van der Waals surface area contributed by atoms with Crippen LogP contribution in [0, 0.1) is 12.3 Å². The zero-order valence-electron chi connectivity index (χ0n) is 21.3. The smallest absolute Gasteiger partial charge is 0.416 e. The molecule has 5 unspecified atom stereocenters. The fraction of sp³-hybridized carbons (Fsp3) is 0.654. The fourth-order valence-corrected chi connectivity index (χ4v) is 6.03. The number of nitrogens with zero attached hydrogens (tertiary/aromatic N) is 1. The Kier molecular flexibility index (Phi) is 8.41. The van der Waals surface area contributed by atoms with Crippen molar-refractivity contribution in [1.29, 1.82) is 0 Å². The largest absolute Gasteiger partial charge is 0.479 e. The molecule has 0 aliphatic carbocycles. The number of benzene rings is 1. The Morgan fingerprint density at radius 2 is 2.03 bits per heavy atom. The molecule has 0 saturated carbocycles. The molecule has 2 heterocycles. The summed E-state index contributed by atoms with van der Waals surface area (Å²) in [7, 11) is 0. The topological polar surface area (TPSA) is 65.6 Å². The lowest BCUT2D eigenvalue weighted by Gasteiger charge is -2.49. The van der Waals surface area contributed by atoms with E-state index in [4.69, 9.17) is 4.18 Å². The number of carbonyl (C=O) groups excluding carboxylic acids is 1. The summed E-state index contributed by atoms with van der Waals surface area (Å²) in [6.45, 7) is 11.9. The van der Waals surface area contributed by atoms with E-state index in [9.17, 15) is 23.1 Å². The zero-order chi connectivity index (χ0) is 26.1. The minimum Gasteiger partial charge on any atom is -0.416 e. The molecular weight excluding hydrogens is 477 g/mol. The molecule has 1 aliphatic rings. The molecule has 35 heavy (non-hydrogen) atoms. The number of aromatic amines is 1. The van der Waals surface area contributed by atoms with Crippen molar-refractivity contribution in [2.75, 3.05) is 0 Å². The first kappa shape index (κ1) is 27.7. The van der Waals surface area contributed by atoms with Crippen molar-refractivity contribution in [1.82, 2.24) is 9.88 Å². The van der Waals surface area contributed by atoms with Gasteiger partial charge in [-0.1, -0.05) is 33.3 Å². The Labute approximate surface area is 210 Å². The Hall–Kier alpha value is -1.87. The highest BCUT2D eigenvalue weighted by molar-refractivity contribution is 7.95. The number of aromatic nitrogens is 1. The molecule has 3 rings (SSSR count). The van der Waals surface area contributed by atoms with E-state index in [2.05, 4.69) is 25.8 Å². The quantitative estimate of drug-likeness (QED) is 0.369. The molecule has 9 heteroatoms. The van der Waals surface area contributed by atoms with Crippen molar-refractivity contribution in [3.8, 4) is 5.75 Å². The van der Waals surface area contributed by atoms with E-state index >= 15 is 0 Å². The Balaban J connectivity index is 1.87. The van der Waals surface area contributed by atoms with Gasteiger partial charge in [0.1, 0.15) is 5.75 Å². The van der Waals surface area contributed by atoms with Crippen molar-refractivity contribution in [3.05, 3.63) is 29.5 Å². The Morgan fingerprint density at radius 1 is 1.34 bits per heavy atom. The lowest BCUT2D eigenvalue weighted by Crippen LogP contribution is -2.54. The summed E-state index contributed by atoms with van der Waals surface area (Å²) >= 11 is -0.529. The van der Waals surface area contributed by atoms with Crippen LogP contribution >= 0.6 is 12.0 Å². The van der Waals surface area contributed by atoms with Crippen molar-refractivity contribution >= 4 is 28.9 Å². The van der Waals surface area contributed by atoms with Gasteiger partial charge in [0.15, 0.2) is 12.0 Å². The van der Waals surface area contributed by atoms with Crippen LogP contribution in [0.1, 0.15) is 83.8 Å². The summed E-state index contributed by atoms with van der Waals surface area (Å²) in [6.07, 6.45) is 4.75. The van der Waals surface area contributed by atoms with Crippen LogP contribution in [0.3, 0.4) is 0 Å². The number of fused-ring (bicyclic) bond motifs is 1. The molecule has 1 aliphatic heterocycles. The highest BCUT2D eigenvalue weighted by Crippen LogP contribution is 2.44. The molecule has 1 saturated heterocycles. The fourth-order valence-electron chi connectivity index (χ4n) is 5.63. The van der Waals surface area contributed by atoms with E-state index in [1.165, 1.54) is 0 Å². The first-order chi connectivity index (χ1) is 16.2. The van der Waals surface area contributed by atoms with Gasteiger partial charge in [-0.05, 0) is 68.6 Å². The number of carbonyl (C=O) groups is 1. The van der Waals surface area contributed by atoms with Crippen LogP contribution in [0.15, 0.2) is 18.3 Å². The molecule has 196 valence electrons. The third-order valence-corrected chi connectivity index (χ3v) is 7.84. The van der Waals surface area contributed by atoms with Crippen LogP contribution in [0.5, 0.6) is 5.75 Å². The van der Waals surface area contributed by atoms with E-state index in [0.29, 0.717) is 22.9 Å². The molecule has 5 atom stereocenters. The average molecular weight is 515 g/mol. The SMILES string of the molecule is CCC1(C)CC(C)N(C(=O)CC(C)c2c[nH]c3ccc(C)c(OSC(F)(F)F)c23)C(CC(C)O)C1. The van der Waals surface area contributed by atoms with Gasteiger partial charge in [-0.3, -0.25) is 4.79 Å². The number of amides is 1. The first-order valence-corrected chi connectivity index (χ1v) is 13.0. The van der Waals surface area contributed by atoms with E-state index in [-0.39, 0.29) is 41.5 Å². The zero-order valence-corrected chi connectivity index (χ0v) is 22.1. The van der Waals surface area contributed by atoms with E-state index in [1.54, 1.807) is 26.1 Å². The molecule has 1 fully saturated rings. The maximum atomic E-state index is 13.6. The van der Waals surface area contributed by atoms with Crippen LogP contribution in [-0.4, -0.2) is 44.6 Å². The number of H-pyrrole nitrogens is 1. The van der Waals surface area contributed by atoms with Crippen LogP contribution < -0.4 is 4.18 Å². The van der Waals surface area contributed by atoms with Gasteiger partial charge in [0.25, 0.3) is 0 Å². The molecule has 1 aromatic carbocycles. The molecular formula is C26H37F3N2O3S. The van der Waals surface area contributed by atoms with Crippen molar-refractivity contribution < 1.29 is 27.3 Å². The number of halogens is 3. The highest BCUT2D eigenvalue weighted by Gasteiger charge is 2.42. The third-order valence-electron chi connectivity index (χ3n) is 7.40. The summed E-state index contributed by atoms with van der Waals surface area (Å²) < 4.78 is 43.7. The molecule has 0 spiro atoms. The van der Waals surface area contributed by atoms with Crippen LogP contribution in [0.4, 0.5) is 13.2 Å². The normalized spacial score (nSPS) is 25.0. The molecule has 5 nitrogen and oxygen atoms in total. The van der Waals surface area contributed by atoms with Crippen molar-refractivity contribution in [2.24, 2.45) is 5.41 Å². The van der Waals surface area contributed by atoms with E-state index in [0.717, 1.165) is 24.8 Å². The summed E-state index contributed by atoms with van der Waals surface area (Å²) in [5, 5.41) is 10.7. The van der Waals surface area contributed by atoms with Crippen molar-refractivity contribution in [2.45, 2.75) is 103 Å². The minimum atomic E-state index is -4.52. The predicted octanol–water partition coefficient (Wildman–Crippen LogP) is 7.08. The van der Waals surface area contributed by atoms with Crippen molar-refractivity contribution in [3.63, 3.8) is 0 Å². The summed E-state index contributed by atoms with van der Waals surface area (Å²) in [5.74, 6) is -0.0736. The van der Waals surface area contributed by atoms with Crippen LogP contribution in [-0.2, 0) is 4.79 Å². The number of aryl methyl sites for hydroxylation is 1. The molecule has 0 radical (unpaired) electrons. The second-order valence-electron chi connectivity index (χ2n) is 10.6. The van der Waals surface area contributed by atoms with Gasteiger partial charge < -0.3 is 19.2 Å². The van der Waals surface area contributed by atoms with E-state index < -0.39 is 23.7 Å². The standard InChI is InChI=1S/C26H37F3N2O3S/c1-7-25(6)12-17(4)31(19(13-25)11-18(5)32)22(33)10-16(3)20-14-30-21-9-8-15(2)24(23(20)21)34-35-26(27,28)29/h8-9,14,16-19,30,32H,7,10-13H2,1-6H3. The Morgan fingerprint density at radius 3 is 2.63 bits per heavy atom. The number of aliphatic hydroxyl groups is 1. The summed E-state index contributed by atoms with van der Waals surface area (Å²) in [4.78, 5) is 18.7. The van der Waals surface area contributed by atoms with E-state index in [1.807, 2.05) is 17.9 Å². The summed E-state index contributed by atoms with van der Waals surface area (Å²) in [6, 6.07) is 3.52. The number of nitrogens with one attached hydrogen (secondary N) is 1. The van der Waals surface area contributed by atoms with Crippen LogP contribution in [0.25, 0.3) is 10.9 Å². The maximum Gasteiger partial charge on any atom is 0.479 e. The van der Waals surface area contributed by atoms with Gasteiger partial charge in [0.2, 0.25) is 5.91 Å². The minimum absolute atomic E-state index is 0.00272. The predicted molar refractivity (Wildman–Crippen MR) is 134 cm³/mol. The molecule has 2 N–H and O–H groups in total. The lowest BCUT2D eigenvalue weighted by atomic mass is 9.71. The first-order valence-electron chi connectivity index (χ1n) is 12.3. The second-order valence-corrected chi connectivity index (χ2v) is 11.4. The van der Waals surface area contributed by atoms with Gasteiger partial charge in [-0.15, -0.1) is 0 Å². The van der Waals surface area contributed by atoms with Gasteiger partial charge in [-0.2, -0.15) is 13.2 Å².